The predicted molar refractivity (Wildman–Crippen MR) is 67.1 cm³/mol. The molecule has 1 aromatic rings. The van der Waals surface area contributed by atoms with Gasteiger partial charge in [0, 0.05) is 26.1 Å². The smallest absolute Gasteiger partial charge is 0.229 e. The summed E-state index contributed by atoms with van der Waals surface area (Å²) in [5, 5.41) is 8.31. The van der Waals surface area contributed by atoms with Gasteiger partial charge in [0.15, 0.2) is 5.82 Å². The van der Waals surface area contributed by atoms with Crippen LogP contribution in [0.2, 0.25) is 0 Å². The summed E-state index contributed by atoms with van der Waals surface area (Å²) < 4.78 is 7.35. The quantitative estimate of drug-likeness (QED) is 0.770. The highest BCUT2D eigenvalue weighted by molar-refractivity contribution is 5.79. The molecule has 3 heterocycles. The molecule has 0 radical (unpaired) electrons. The van der Waals surface area contributed by atoms with Gasteiger partial charge in [0.05, 0.1) is 25.7 Å². The Hall–Kier alpha value is -1.47. The molecule has 0 saturated carbocycles. The van der Waals surface area contributed by atoms with Crippen LogP contribution in [0.25, 0.3) is 0 Å². The Morgan fingerprint density at radius 3 is 3.11 bits per heavy atom. The van der Waals surface area contributed by atoms with Crippen LogP contribution in [-0.4, -0.2) is 51.9 Å². The molecule has 0 spiro atoms. The fourth-order valence-electron chi connectivity index (χ4n) is 2.73. The van der Waals surface area contributed by atoms with Crippen molar-refractivity contribution in [1.82, 2.24) is 19.7 Å². The fourth-order valence-corrected chi connectivity index (χ4v) is 2.73. The SMILES string of the molecule is CN(Cc1nnc2n1CCC2)C(=O)C1COCC1N. The Bertz CT molecular complexity index is 486. The Labute approximate surface area is 111 Å². The minimum absolute atomic E-state index is 0.0281. The van der Waals surface area contributed by atoms with Gasteiger partial charge >= 0.3 is 0 Å². The number of nitrogens with zero attached hydrogens (tertiary/aromatic N) is 4. The molecule has 2 aliphatic heterocycles. The van der Waals surface area contributed by atoms with Gasteiger partial charge in [-0.1, -0.05) is 0 Å². The third-order valence-corrected chi connectivity index (χ3v) is 3.88. The van der Waals surface area contributed by atoms with Crippen LogP contribution in [0.3, 0.4) is 0 Å². The van der Waals surface area contributed by atoms with Gasteiger partial charge < -0.3 is 19.9 Å². The van der Waals surface area contributed by atoms with E-state index in [0.717, 1.165) is 31.0 Å². The van der Waals surface area contributed by atoms with Gasteiger partial charge in [-0.3, -0.25) is 4.79 Å². The maximum Gasteiger partial charge on any atom is 0.229 e. The lowest BCUT2D eigenvalue weighted by molar-refractivity contribution is -0.135. The number of hydrogen-bond donors (Lipinski definition) is 1. The van der Waals surface area contributed by atoms with E-state index in [1.807, 2.05) is 0 Å². The van der Waals surface area contributed by atoms with E-state index in [0.29, 0.717) is 19.8 Å². The zero-order chi connectivity index (χ0) is 13.4. The number of nitrogens with two attached hydrogens (primary N) is 1. The summed E-state index contributed by atoms with van der Waals surface area (Å²) in [5.41, 5.74) is 5.88. The minimum atomic E-state index is -0.231. The van der Waals surface area contributed by atoms with Gasteiger partial charge in [-0.05, 0) is 6.42 Å². The van der Waals surface area contributed by atoms with Crippen LogP contribution in [0.5, 0.6) is 0 Å². The van der Waals surface area contributed by atoms with Crippen LogP contribution >= 0.6 is 0 Å². The van der Waals surface area contributed by atoms with Crippen molar-refractivity contribution >= 4 is 5.91 Å². The van der Waals surface area contributed by atoms with Crippen molar-refractivity contribution in [1.29, 1.82) is 0 Å². The number of carbonyl (C=O) groups excluding carboxylic acids is 1. The number of hydrogen-bond acceptors (Lipinski definition) is 5. The van der Waals surface area contributed by atoms with Crippen molar-refractivity contribution in [3.63, 3.8) is 0 Å². The van der Waals surface area contributed by atoms with Gasteiger partial charge in [-0.2, -0.15) is 0 Å². The van der Waals surface area contributed by atoms with Crippen LogP contribution in [0.15, 0.2) is 0 Å². The maximum atomic E-state index is 12.3. The zero-order valence-electron chi connectivity index (χ0n) is 11.1. The molecule has 7 nitrogen and oxygen atoms in total. The molecular formula is C12H19N5O2. The maximum absolute atomic E-state index is 12.3. The van der Waals surface area contributed by atoms with Crippen LogP contribution < -0.4 is 5.73 Å². The largest absolute Gasteiger partial charge is 0.379 e. The van der Waals surface area contributed by atoms with Crippen molar-refractivity contribution in [2.75, 3.05) is 20.3 Å². The molecule has 0 bridgehead atoms. The van der Waals surface area contributed by atoms with Gasteiger partial charge in [0.2, 0.25) is 5.91 Å². The number of carbonyl (C=O) groups is 1. The average Bonchev–Trinajstić information content (AvgIpc) is 3.06. The number of amides is 1. The minimum Gasteiger partial charge on any atom is -0.379 e. The number of rotatable bonds is 3. The molecule has 1 amide bonds. The molecule has 0 aromatic carbocycles. The van der Waals surface area contributed by atoms with Crippen molar-refractivity contribution < 1.29 is 9.53 Å². The summed E-state index contributed by atoms with van der Waals surface area (Å²) in [4.78, 5) is 14.0. The second kappa shape index (κ2) is 4.90. The molecule has 7 heteroatoms. The third kappa shape index (κ3) is 2.23. The van der Waals surface area contributed by atoms with E-state index in [2.05, 4.69) is 14.8 Å². The van der Waals surface area contributed by atoms with Crippen LogP contribution in [0.4, 0.5) is 0 Å². The Morgan fingerprint density at radius 2 is 2.37 bits per heavy atom. The first-order valence-corrected chi connectivity index (χ1v) is 6.66. The van der Waals surface area contributed by atoms with Gasteiger partial charge in [-0.15, -0.1) is 10.2 Å². The standard InChI is InChI=1S/C12H19N5O2/c1-16(12(18)8-6-19-7-9(8)13)5-11-15-14-10-3-2-4-17(10)11/h8-9H,2-7,13H2,1H3. The number of fused-ring (bicyclic) bond motifs is 1. The van der Waals surface area contributed by atoms with Crippen LogP contribution in [-0.2, 0) is 29.0 Å². The first-order valence-electron chi connectivity index (χ1n) is 6.66. The lowest BCUT2D eigenvalue weighted by Crippen LogP contribution is -2.41. The van der Waals surface area contributed by atoms with E-state index >= 15 is 0 Å². The Balaban J connectivity index is 1.67. The number of ether oxygens (including phenoxy) is 1. The molecule has 3 rings (SSSR count). The molecule has 1 saturated heterocycles. The summed E-state index contributed by atoms with van der Waals surface area (Å²) >= 11 is 0. The molecule has 104 valence electrons. The van der Waals surface area contributed by atoms with Crippen molar-refractivity contribution in [3.8, 4) is 0 Å². The van der Waals surface area contributed by atoms with Crippen LogP contribution in [0, 0.1) is 5.92 Å². The van der Waals surface area contributed by atoms with Gasteiger partial charge in [-0.25, -0.2) is 0 Å². The molecule has 2 aliphatic rings. The van der Waals surface area contributed by atoms with Gasteiger partial charge in [0.25, 0.3) is 0 Å². The highest BCUT2D eigenvalue weighted by Crippen LogP contribution is 2.18. The molecule has 2 unspecified atom stereocenters. The van der Waals surface area contributed by atoms with Crippen LogP contribution in [0.1, 0.15) is 18.1 Å². The summed E-state index contributed by atoms with van der Waals surface area (Å²) in [7, 11) is 1.78. The molecular weight excluding hydrogens is 246 g/mol. The normalized spacial score (nSPS) is 25.6. The lowest BCUT2D eigenvalue weighted by Gasteiger charge is -2.21. The van der Waals surface area contributed by atoms with Crippen molar-refractivity contribution in [3.05, 3.63) is 11.6 Å². The highest BCUT2D eigenvalue weighted by atomic mass is 16.5. The molecule has 19 heavy (non-hydrogen) atoms. The van der Waals surface area contributed by atoms with Crippen molar-refractivity contribution in [2.45, 2.75) is 32.0 Å². The third-order valence-electron chi connectivity index (χ3n) is 3.88. The number of aryl methyl sites for hydroxylation is 1. The van der Waals surface area contributed by atoms with E-state index in [4.69, 9.17) is 10.5 Å². The first-order chi connectivity index (χ1) is 9.16. The molecule has 1 fully saturated rings. The van der Waals surface area contributed by atoms with E-state index < -0.39 is 0 Å². The summed E-state index contributed by atoms with van der Waals surface area (Å²) in [6.07, 6.45) is 2.09. The van der Waals surface area contributed by atoms with Gasteiger partial charge in [0.1, 0.15) is 5.82 Å². The summed E-state index contributed by atoms with van der Waals surface area (Å²) in [5.74, 6) is 1.68. The highest BCUT2D eigenvalue weighted by Gasteiger charge is 2.33. The predicted octanol–water partition coefficient (Wildman–Crippen LogP) is -0.844. The fraction of sp³-hybridized carbons (Fsp3) is 0.750. The second-order valence-corrected chi connectivity index (χ2v) is 5.29. The van der Waals surface area contributed by atoms with E-state index in [1.165, 1.54) is 0 Å². The Kier molecular flexibility index (Phi) is 3.24. The van der Waals surface area contributed by atoms with E-state index in [9.17, 15) is 4.79 Å². The van der Waals surface area contributed by atoms with E-state index in [-0.39, 0.29) is 17.9 Å². The first kappa shape index (κ1) is 12.6. The lowest BCUT2D eigenvalue weighted by atomic mass is 10.0. The zero-order valence-corrected chi connectivity index (χ0v) is 11.1. The second-order valence-electron chi connectivity index (χ2n) is 5.29. The topological polar surface area (TPSA) is 86.3 Å². The Morgan fingerprint density at radius 1 is 1.53 bits per heavy atom. The average molecular weight is 265 g/mol. The molecule has 1 aromatic heterocycles. The van der Waals surface area contributed by atoms with Crippen molar-refractivity contribution in [2.24, 2.45) is 11.7 Å². The van der Waals surface area contributed by atoms with E-state index in [1.54, 1.807) is 11.9 Å². The number of aromatic nitrogens is 3. The molecule has 2 N–H and O–H groups in total. The summed E-state index contributed by atoms with van der Waals surface area (Å²) in [6, 6.07) is -0.195. The summed E-state index contributed by atoms with van der Waals surface area (Å²) in [6.45, 7) is 2.31. The molecule has 0 aliphatic carbocycles. The monoisotopic (exact) mass is 265 g/mol. The molecule has 2 atom stereocenters.